The molecule has 0 fully saturated rings. The van der Waals surface area contributed by atoms with Gasteiger partial charge >= 0.3 is 5.82 Å². The fourth-order valence-corrected chi connectivity index (χ4v) is 1.96. The number of ether oxygens (including phenoxy) is 1. The molecule has 0 unspecified atom stereocenters. The quantitative estimate of drug-likeness (QED) is 0.633. The molecule has 0 radical (unpaired) electrons. The number of nitro groups is 1. The predicted molar refractivity (Wildman–Crippen MR) is 71.3 cm³/mol. The van der Waals surface area contributed by atoms with Crippen LogP contribution >= 0.6 is 11.6 Å². The average Bonchev–Trinajstić information content (AvgIpc) is 2.41. The Hall–Kier alpha value is -2.21. The molecule has 0 spiro atoms. The van der Waals surface area contributed by atoms with Crippen molar-refractivity contribution in [2.45, 2.75) is 13.0 Å². The van der Waals surface area contributed by atoms with Gasteiger partial charge in [-0.1, -0.05) is 11.6 Å². The molecule has 2 rings (SSSR count). The van der Waals surface area contributed by atoms with Gasteiger partial charge in [-0.15, -0.1) is 0 Å². The Balaban J connectivity index is 2.30. The van der Waals surface area contributed by atoms with Crippen LogP contribution < -0.4 is 4.74 Å². The third-order valence-corrected chi connectivity index (χ3v) is 2.97. The Labute approximate surface area is 119 Å². The molecule has 0 amide bonds. The first kappa shape index (κ1) is 14.2. The first-order chi connectivity index (χ1) is 9.49. The molecule has 0 saturated heterocycles. The predicted octanol–water partition coefficient (Wildman–Crippen LogP) is 3.92. The second-order valence-electron chi connectivity index (χ2n) is 4.01. The van der Waals surface area contributed by atoms with Crippen LogP contribution in [0, 0.1) is 15.9 Å². The van der Waals surface area contributed by atoms with Crippen LogP contribution in [0.4, 0.5) is 10.2 Å². The number of rotatable bonds is 4. The molecule has 0 aliphatic carbocycles. The third kappa shape index (κ3) is 3.03. The van der Waals surface area contributed by atoms with Gasteiger partial charge in [0.25, 0.3) is 0 Å². The number of benzene rings is 1. The van der Waals surface area contributed by atoms with Crippen LogP contribution in [-0.4, -0.2) is 9.91 Å². The minimum Gasteiger partial charge on any atom is -0.478 e. The third-order valence-electron chi connectivity index (χ3n) is 2.62. The highest BCUT2D eigenvalue weighted by Gasteiger charge is 2.20. The highest BCUT2D eigenvalue weighted by Crippen LogP contribution is 2.31. The van der Waals surface area contributed by atoms with Crippen LogP contribution in [0.3, 0.4) is 0 Å². The van der Waals surface area contributed by atoms with Gasteiger partial charge in [-0.05, 0) is 47.2 Å². The maximum absolute atomic E-state index is 13.2. The lowest BCUT2D eigenvalue weighted by Crippen LogP contribution is -2.06. The van der Waals surface area contributed by atoms with Gasteiger partial charge in [0.05, 0.1) is 0 Å². The summed E-state index contributed by atoms with van der Waals surface area (Å²) >= 11 is 5.96. The zero-order valence-corrected chi connectivity index (χ0v) is 11.2. The molecule has 5 nitrogen and oxygen atoms in total. The largest absolute Gasteiger partial charge is 0.478 e. The van der Waals surface area contributed by atoms with Gasteiger partial charge in [-0.3, -0.25) is 0 Å². The fourth-order valence-electron chi connectivity index (χ4n) is 1.69. The molecule has 1 atom stereocenters. The normalized spacial score (nSPS) is 11.9. The molecule has 0 bridgehead atoms. The maximum atomic E-state index is 13.2. The lowest BCUT2D eigenvalue weighted by molar-refractivity contribution is -0.390. The summed E-state index contributed by atoms with van der Waals surface area (Å²) in [6, 6.07) is 6.81. The van der Waals surface area contributed by atoms with Crippen LogP contribution in [0.2, 0.25) is 5.02 Å². The van der Waals surface area contributed by atoms with Gasteiger partial charge in [0.2, 0.25) is 5.75 Å². The number of halogens is 2. The van der Waals surface area contributed by atoms with E-state index in [1.54, 1.807) is 6.92 Å². The van der Waals surface area contributed by atoms with Gasteiger partial charge in [0, 0.05) is 10.6 Å². The van der Waals surface area contributed by atoms with Gasteiger partial charge in [-0.25, -0.2) is 4.39 Å². The Morgan fingerprint density at radius 2 is 2.20 bits per heavy atom. The summed E-state index contributed by atoms with van der Waals surface area (Å²) in [7, 11) is 0. The maximum Gasteiger partial charge on any atom is 0.406 e. The zero-order valence-electron chi connectivity index (χ0n) is 10.4. The van der Waals surface area contributed by atoms with Crippen LogP contribution in [0.15, 0.2) is 36.5 Å². The molecule has 0 aliphatic rings. The molecule has 0 saturated carbocycles. The molecule has 0 aliphatic heterocycles. The zero-order chi connectivity index (χ0) is 14.7. The Bertz CT molecular complexity index is 651. The first-order valence-corrected chi connectivity index (χ1v) is 6.08. The highest BCUT2D eigenvalue weighted by atomic mass is 35.5. The van der Waals surface area contributed by atoms with Crippen molar-refractivity contribution in [3.8, 4) is 5.75 Å². The van der Waals surface area contributed by atoms with E-state index in [1.165, 1.54) is 36.5 Å². The molecule has 20 heavy (non-hydrogen) atoms. The van der Waals surface area contributed by atoms with Gasteiger partial charge in [-0.2, -0.15) is 0 Å². The minimum atomic E-state index is -0.652. The Kier molecular flexibility index (Phi) is 4.14. The summed E-state index contributed by atoms with van der Waals surface area (Å²) in [5, 5.41) is 11.2. The monoisotopic (exact) mass is 296 g/mol. The minimum absolute atomic E-state index is 0.00493. The first-order valence-electron chi connectivity index (χ1n) is 5.70. The molecular formula is C13H10ClFN2O3. The van der Waals surface area contributed by atoms with Crippen molar-refractivity contribution in [3.05, 3.63) is 63.0 Å². The van der Waals surface area contributed by atoms with E-state index in [-0.39, 0.29) is 5.75 Å². The van der Waals surface area contributed by atoms with E-state index in [0.717, 1.165) is 0 Å². The van der Waals surface area contributed by atoms with E-state index in [0.29, 0.717) is 10.6 Å². The van der Waals surface area contributed by atoms with Gasteiger partial charge in [0.1, 0.15) is 18.1 Å². The summed E-state index contributed by atoms with van der Waals surface area (Å²) in [6.07, 6.45) is 0.645. The number of hydrogen-bond acceptors (Lipinski definition) is 4. The van der Waals surface area contributed by atoms with Crippen molar-refractivity contribution in [1.82, 2.24) is 4.98 Å². The van der Waals surface area contributed by atoms with Gasteiger partial charge in [0.15, 0.2) is 0 Å². The molecule has 1 aromatic carbocycles. The smallest absolute Gasteiger partial charge is 0.406 e. The van der Waals surface area contributed by atoms with Crippen molar-refractivity contribution < 1.29 is 14.1 Å². The highest BCUT2D eigenvalue weighted by molar-refractivity contribution is 6.31. The summed E-state index contributed by atoms with van der Waals surface area (Å²) in [6.45, 7) is 1.62. The lowest BCUT2D eigenvalue weighted by atomic mass is 10.1. The summed E-state index contributed by atoms with van der Waals surface area (Å²) in [5.41, 5.74) is 0.407. The molecule has 7 heteroatoms. The topological polar surface area (TPSA) is 65.3 Å². The van der Waals surface area contributed by atoms with Gasteiger partial charge < -0.3 is 14.9 Å². The van der Waals surface area contributed by atoms with Crippen molar-refractivity contribution in [2.24, 2.45) is 0 Å². The second-order valence-corrected chi connectivity index (χ2v) is 4.42. The van der Waals surface area contributed by atoms with E-state index in [9.17, 15) is 14.5 Å². The Morgan fingerprint density at radius 1 is 1.45 bits per heavy atom. The lowest BCUT2D eigenvalue weighted by Gasteiger charge is -2.15. The van der Waals surface area contributed by atoms with E-state index in [4.69, 9.17) is 16.3 Å². The molecular weight excluding hydrogens is 287 g/mol. The summed E-state index contributed by atoms with van der Waals surface area (Å²) in [5.74, 6) is -0.849. The SMILES string of the molecule is C[C@@H](Oc1cccnc1[N+](=O)[O-])c1cc(F)ccc1Cl. The summed E-state index contributed by atoms with van der Waals surface area (Å²) < 4.78 is 18.7. The molecule has 1 heterocycles. The van der Waals surface area contributed by atoms with E-state index >= 15 is 0 Å². The number of pyridine rings is 1. The average molecular weight is 297 g/mol. The van der Waals surface area contributed by atoms with Crippen molar-refractivity contribution in [1.29, 1.82) is 0 Å². The molecule has 104 valence electrons. The standard InChI is InChI=1S/C13H10ClFN2O3/c1-8(10-7-9(15)4-5-11(10)14)20-12-3-2-6-16-13(12)17(18)19/h2-8H,1H3/t8-/m1/s1. The van der Waals surface area contributed by atoms with Crippen molar-refractivity contribution in [2.75, 3.05) is 0 Å². The Morgan fingerprint density at radius 3 is 2.90 bits per heavy atom. The van der Waals surface area contributed by atoms with Crippen molar-refractivity contribution >= 4 is 17.4 Å². The molecule has 1 aromatic heterocycles. The second kappa shape index (κ2) is 5.83. The fraction of sp³-hybridized carbons (Fsp3) is 0.154. The van der Waals surface area contributed by atoms with E-state index < -0.39 is 22.7 Å². The van der Waals surface area contributed by atoms with E-state index in [1.807, 2.05) is 0 Å². The van der Waals surface area contributed by atoms with Crippen LogP contribution in [-0.2, 0) is 0 Å². The summed E-state index contributed by atoms with van der Waals surface area (Å²) in [4.78, 5) is 13.8. The van der Waals surface area contributed by atoms with Crippen LogP contribution in [0.25, 0.3) is 0 Å². The number of aromatic nitrogens is 1. The van der Waals surface area contributed by atoms with Crippen LogP contribution in [0.5, 0.6) is 5.75 Å². The van der Waals surface area contributed by atoms with Crippen LogP contribution in [0.1, 0.15) is 18.6 Å². The molecule has 0 N–H and O–H groups in total. The number of nitrogens with zero attached hydrogens (tertiary/aromatic N) is 2. The van der Waals surface area contributed by atoms with Crippen molar-refractivity contribution in [3.63, 3.8) is 0 Å². The molecule has 2 aromatic rings. The van der Waals surface area contributed by atoms with E-state index in [2.05, 4.69) is 4.98 Å². The number of hydrogen-bond donors (Lipinski definition) is 0.